The van der Waals surface area contributed by atoms with Crippen LogP contribution in [0.15, 0.2) is 47.4 Å². The number of rotatable bonds is 6. The molecule has 0 aliphatic heterocycles. The van der Waals surface area contributed by atoms with Gasteiger partial charge in [-0.3, -0.25) is 4.79 Å². The summed E-state index contributed by atoms with van der Waals surface area (Å²) >= 11 is 5.84. The number of benzene rings is 2. The topological polar surface area (TPSA) is 81.7 Å². The predicted octanol–water partition coefficient (Wildman–Crippen LogP) is 2.54. The summed E-state index contributed by atoms with van der Waals surface area (Å²) in [6, 6.07) is 11.0. The molecule has 0 atom stereocenters. The molecule has 1 N–H and O–H groups in total. The van der Waals surface area contributed by atoms with Crippen LogP contribution >= 0.6 is 11.6 Å². The summed E-state index contributed by atoms with van der Waals surface area (Å²) in [6.07, 6.45) is 0. The zero-order chi connectivity index (χ0) is 17.7. The van der Waals surface area contributed by atoms with Crippen LogP contribution in [-0.2, 0) is 14.8 Å². The molecule has 2 aromatic rings. The Labute approximate surface area is 145 Å². The number of aryl methyl sites for hydroxylation is 1. The van der Waals surface area contributed by atoms with E-state index in [1.165, 1.54) is 25.3 Å². The third kappa shape index (κ3) is 4.39. The molecule has 0 heterocycles. The second-order valence-electron chi connectivity index (χ2n) is 4.90. The standard InChI is InChI=1S/C16H16ClNO5S/c1-11-7-8-13(14(9-11)22-2)23-10-16(19)18-24(20,21)15-6-4-3-5-12(15)17/h3-9H,10H2,1-2H3,(H,18,19). The van der Waals surface area contributed by atoms with Crippen LogP contribution in [0.4, 0.5) is 0 Å². The average molecular weight is 370 g/mol. The number of halogens is 1. The Kier molecular flexibility index (Phi) is 5.69. The van der Waals surface area contributed by atoms with Gasteiger partial charge in [0.15, 0.2) is 18.1 Å². The quantitative estimate of drug-likeness (QED) is 0.846. The van der Waals surface area contributed by atoms with E-state index in [1.807, 2.05) is 11.6 Å². The van der Waals surface area contributed by atoms with Gasteiger partial charge in [-0.1, -0.05) is 29.8 Å². The van der Waals surface area contributed by atoms with Crippen molar-refractivity contribution in [1.82, 2.24) is 4.72 Å². The molecular weight excluding hydrogens is 354 g/mol. The first-order chi connectivity index (χ1) is 11.3. The molecule has 0 bridgehead atoms. The molecule has 128 valence electrons. The summed E-state index contributed by atoms with van der Waals surface area (Å²) in [5, 5.41) is 0.0268. The molecule has 0 saturated carbocycles. The van der Waals surface area contributed by atoms with Gasteiger partial charge in [0, 0.05) is 0 Å². The summed E-state index contributed by atoms with van der Waals surface area (Å²) in [7, 11) is -2.58. The third-order valence-electron chi connectivity index (χ3n) is 3.05. The van der Waals surface area contributed by atoms with Gasteiger partial charge in [-0.05, 0) is 36.8 Å². The van der Waals surface area contributed by atoms with Gasteiger partial charge in [0.25, 0.3) is 15.9 Å². The Hall–Kier alpha value is -2.25. The van der Waals surface area contributed by atoms with Crippen LogP contribution in [0, 0.1) is 6.92 Å². The Morgan fingerprint density at radius 1 is 1.17 bits per heavy atom. The number of methoxy groups -OCH3 is 1. The van der Waals surface area contributed by atoms with E-state index in [1.54, 1.807) is 24.3 Å². The first kappa shape index (κ1) is 18.1. The minimum absolute atomic E-state index is 0.0268. The number of ether oxygens (including phenoxy) is 2. The van der Waals surface area contributed by atoms with Crippen LogP contribution in [0.1, 0.15) is 5.56 Å². The lowest BCUT2D eigenvalue weighted by Gasteiger charge is -2.12. The van der Waals surface area contributed by atoms with Crippen LogP contribution in [0.2, 0.25) is 5.02 Å². The molecule has 0 aromatic heterocycles. The molecular formula is C16H16ClNO5S. The van der Waals surface area contributed by atoms with Gasteiger partial charge >= 0.3 is 0 Å². The van der Waals surface area contributed by atoms with Crippen molar-refractivity contribution in [2.75, 3.05) is 13.7 Å². The zero-order valence-electron chi connectivity index (χ0n) is 13.1. The number of hydrogen-bond donors (Lipinski definition) is 1. The third-order valence-corrected chi connectivity index (χ3v) is 4.93. The van der Waals surface area contributed by atoms with Crippen molar-refractivity contribution < 1.29 is 22.7 Å². The molecule has 0 unspecified atom stereocenters. The first-order valence-corrected chi connectivity index (χ1v) is 8.77. The molecule has 8 heteroatoms. The van der Waals surface area contributed by atoms with Crippen LogP contribution in [0.5, 0.6) is 11.5 Å². The second-order valence-corrected chi connectivity index (χ2v) is 6.96. The van der Waals surface area contributed by atoms with Crippen molar-refractivity contribution >= 4 is 27.5 Å². The van der Waals surface area contributed by atoms with E-state index < -0.39 is 22.5 Å². The number of amides is 1. The van der Waals surface area contributed by atoms with Gasteiger partial charge in [0.1, 0.15) is 4.90 Å². The van der Waals surface area contributed by atoms with Crippen molar-refractivity contribution in [3.8, 4) is 11.5 Å². The fraction of sp³-hybridized carbons (Fsp3) is 0.188. The Morgan fingerprint density at radius 3 is 2.54 bits per heavy atom. The summed E-state index contributed by atoms with van der Waals surface area (Å²) in [6.45, 7) is 1.40. The van der Waals surface area contributed by atoms with Gasteiger partial charge < -0.3 is 9.47 Å². The first-order valence-electron chi connectivity index (χ1n) is 6.91. The Balaban J connectivity index is 2.05. The van der Waals surface area contributed by atoms with Gasteiger partial charge in [0.05, 0.1) is 12.1 Å². The minimum atomic E-state index is -4.06. The van der Waals surface area contributed by atoms with Crippen LogP contribution in [0.3, 0.4) is 0 Å². The molecule has 1 amide bonds. The lowest BCUT2D eigenvalue weighted by Crippen LogP contribution is -2.34. The molecule has 2 rings (SSSR count). The van der Waals surface area contributed by atoms with Crippen molar-refractivity contribution in [3.05, 3.63) is 53.1 Å². The fourth-order valence-corrected chi connectivity index (χ4v) is 3.43. The SMILES string of the molecule is COc1cc(C)ccc1OCC(=O)NS(=O)(=O)c1ccccc1Cl. The van der Waals surface area contributed by atoms with Gasteiger partial charge in [-0.2, -0.15) is 0 Å². The predicted molar refractivity (Wildman–Crippen MR) is 90.0 cm³/mol. The number of hydrogen-bond acceptors (Lipinski definition) is 5. The summed E-state index contributed by atoms with van der Waals surface area (Å²) in [5.41, 5.74) is 0.963. The van der Waals surface area contributed by atoms with E-state index in [0.717, 1.165) is 5.56 Å². The van der Waals surface area contributed by atoms with Crippen molar-refractivity contribution in [2.24, 2.45) is 0 Å². The number of nitrogens with one attached hydrogen (secondary N) is 1. The number of carbonyl (C=O) groups is 1. The Bertz CT molecular complexity index is 851. The van der Waals surface area contributed by atoms with Gasteiger partial charge in [-0.25, -0.2) is 13.1 Å². The molecule has 0 aliphatic rings. The van der Waals surface area contributed by atoms with E-state index in [4.69, 9.17) is 21.1 Å². The number of carbonyl (C=O) groups excluding carboxylic acids is 1. The van der Waals surface area contributed by atoms with Crippen LogP contribution in [0.25, 0.3) is 0 Å². The minimum Gasteiger partial charge on any atom is -0.493 e. The monoisotopic (exact) mass is 369 g/mol. The second kappa shape index (κ2) is 7.55. The summed E-state index contributed by atoms with van der Waals surface area (Å²) < 4.78 is 36.7. The fourth-order valence-electron chi connectivity index (χ4n) is 1.93. The molecule has 0 saturated heterocycles. The van der Waals surface area contributed by atoms with Gasteiger partial charge in [0.2, 0.25) is 0 Å². The molecule has 0 radical (unpaired) electrons. The normalized spacial score (nSPS) is 11.0. The van der Waals surface area contributed by atoms with Crippen LogP contribution < -0.4 is 14.2 Å². The molecule has 24 heavy (non-hydrogen) atoms. The smallest absolute Gasteiger partial charge is 0.271 e. The Morgan fingerprint density at radius 2 is 1.88 bits per heavy atom. The zero-order valence-corrected chi connectivity index (χ0v) is 14.6. The highest BCUT2D eigenvalue weighted by Crippen LogP contribution is 2.27. The number of sulfonamides is 1. The highest BCUT2D eigenvalue weighted by atomic mass is 35.5. The van der Waals surface area contributed by atoms with E-state index in [-0.39, 0.29) is 9.92 Å². The maximum absolute atomic E-state index is 12.1. The highest BCUT2D eigenvalue weighted by Gasteiger charge is 2.20. The largest absolute Gasteiger partial charge is 0.493 e. The maximum Gasteiger partial charge on any atom is 0.271 e. The van der Waals surface area contributed by atoms with E-state index in [2.05, 4.69) is 0 Å². The lowest BCUT2D eigenvalue weighted by molar-refractivity contribution is -0.121. The van der Waals surface area contributed by atoms with Crippen molar-refractivity contribution in [2.45, 2.75) is 11.8 Å². The summed E-state index contributed by atoms with van der Waals surface area (Å²) in [5.74, 6) is -0.0253. The molecule has 0 spiro atoms. The molecule has 6 nitrogen and oxygen atoms in total. The average Bonchev–Trinajstić information content (AvgIpc) is 2.53. The van der Waals surface area contributed by atoms with E-state index in [9.17, 15) is 13.2 Å². The molecule has 0 aliphatic carbocycles. The maximum atomic E-state index is 12.1. The lowest BCUT2D eigenvalue weighted by atomic mass is 10.2. The van der Waals surface area contributed by atoms with E-state index >= 15 is 0 Å². The summed E-state index contributed by atoms with van der Waals surface area (Å²) in [4.78, 5) is 11.7. The van der Waals surface area contributed by atoms with Crippen molar-refractivity contribution in [3.63, 3.8) is 0 Å². The molecule has 2 aromatic carbocycles. The van der Waals surface area contributed by atoms with Crippen LogP contribution in [-0.4, -0.2) is 28.0 Å². The highest BCUT2D eigenvalue weighted by molar-refractivity contribution is 7.90. The van der Waals surface area contributed by atoms with E-state index in [0.29, 0.717) is 11.5 Å². The van der Waals surface area contributed by atoms with Crippen molar-refractivity contribution in [1.29, 1.82) is 0 Å². The molecule has 0 fully saturated rings. The van der Waals surface area contributed by atoms with Gasteiger partial charge in [-0.15, -0.1) is 0 Å².